The van der Waals surface area contributed by atoms with E-state index in [9.17, 15) is 22.0 Å². The molecule has 0 aliphatic rings. The van der Waals surface area contributed by atoms with Gasteiger partial charge in [0.25, 0.3) is 0 Å². The Balaban J connectivity index is 2.30. The van der Waals surface area contributed by atoms with Gasteiger partial charge in [-0.05, 0) is 24.3 Å². The van der Waals surface area contributed by atoms with Crippen molar-refractivity contribution in [3.05, 3.63) is 65.0 Å². The first-order valence-corrected chi connectivity index (χ1v) is 5.55. The van der Waals surface area contributed by atoms with Crippen LogP contribution < -0.4 is 4.74 Å². The number of ether oxygens (including phenoxy) is 1. The van der Waals surface area contributed by atoms with Crippen LogP contribution in [0.3, 0.4) is 0 Å². The third-order valence-electron chi connectivity index (χ3n) is 2.55. The molecule has 21 heavy (non-hydrogen) atoms. The summed E-state index contributed by atoms with van der Waals surface area (Å²) < 4.78 is 70.4. The predicted octanol–water partition coefficient (Wildman–Crippen LogP) is 4.10. The van der Waals surface area contributed by atoms with Crippen LogP contribution in [0.15, 0.2) is 36.4 Å². The molecule has 0 radical (unpaired) electrons. The summed E-state index contributed by atoms with van der Waals surface area (Å²) in [5, 5.41) is 8.57. The molecule has 0 aliphatic heterocycles. The molecule has 0 spiro atoms. The van der Waals surface area contributed by atoms with Gasteiger partial charge in [0, 0.05) is 12.1 Å². The first kappa shape index (κ1) is 14.8. The highest BCUT2D eigenvalue weighted by atomic mass is 19.3. The van der Waals surface area contributed by atoms with E-state index in [-0.39, 0.29) is 5.56 Å². The van der Waals surface area contributed by atoms with E-state index < -0.39 is 34.9 Å². The Morgan fingerprint density at radius 2 is 1.48 bits per heavy atom. The maximum atomic E-state index is 13.8. The summed E-state index contributed by atoms with van der Waals surface area (Å²) in [4.78, 5) is 0. The number of hydrogen-bond acceptors (Lipinski definition) is 2. The minimum Gasteiger partial charge on any atom is -0.429 e. The maximum Gasteiger partial charge on any atom is 0.426 e. The Bertz CT molecular complexity index is 683. The van der Waals surface area contributed by atoms with E-state index in [1.165, 1.54) is 0 Å². The van der Waals surface area contributed by atoms with Crippen molar-refractivity contribution in [3.8, 4) is 11.8 Å². The van der Waals surface area contributed by atoms with Crippen LogP contribution in [-0.4, -0.2) is 0 Å². The molecule has 2 aromatic carbocycles. The van der Waals surface area contributed by atoms with Crippen LogP contribution in [0.2, 0.25) is 0 Å². The van der Waals surface area contributed by atoms with Crippen molar-refractivity contribution in [3.63, 3.8) is 0 Å². The van der Waals surface area contributed by atoms with Gasteiger partial charge in [-0.2, -0.15) is 14.0 Å². The second-order valence-corrected chi connectivity index (χ2v) is 4.01. The zero-order valence-corrected chi connectivity index (χ0v) is 10.2. The van der Waals surface area contributed by atoms with E-state index in [4.69, 9.17) is 5.26 Å². The van der Waals surface area contributed by atoms with Crippen LogP contribution in [0.1, 0.15) is 11.1 Å². The molecule has 2 rings (SSSR count). The molecule has 0 unspecified atom stereocenters. The summed E-state index contributed by atoms with van der Waals surface area (Å²) in [7, 11) is 0. The monoisotopic (exact) mass is 299 g/mol. The minimum atomic E-state index is -3.90. The lowest BCUT2D eigenvalue weighted by molar-refractivity contribution is -0.185. The molecule has 0 amide bonds. The molecule has 0 saturated heterocycles. The third-order valence-corrected chi connectivity index (χ3v) is 2.55. The average molecular weight is 299 g/mol. The van der Waals surface area contributed by atoms with E-state index in [2.05, 4.69) is 4.74 Å². The van der Waals surface area contributed by atoms with Gasteiger partial charge in [0.05, 0.1) is 17.2 Å². The van der Waals surface area contributed by atoms with Gasteiger partial charge in [0.2, 0.25) is 0 Å². The first-order valence-electron chi connectivity index (χ1n) is 5.55. The highest BCUT2D eigenvalue weighted by Crippen LogP contribution is 2.32. The third kappa shape index (κ3) is 3.11. The highest BCUT2D eigenvalue weighted by molar-refractivity contribution is 5.33. The fraction of sp³-hybridized carbons (Fsp3) is 0.0714. The van der Waals surface area contributed by atoms with Crippen LogP contribution in [-0.2, 0) is 6.11 Å². The second-order valence-electron chi connectivity index (χ2n) is 4.01. The molecule has 0 aliphatic carbocycles. The highest BCUT2D eigenvalue weighted by Gasteiger charge is 2.35. The van der Waals surface area contributed by atoms with E-state index >= 15 is 0 Å². The Labute approximate surface area is 116 Å². The first-order chi connectivity index (χ1) is 9.83. The quantitative estimate of drug-likeness (QED) is 0.631. The van der Waals surface area contributed by atoms with Crippen molar-refractivity contribution in [1.29, 1.82) is 5.26 Å². The molecule has 0 saturated carbocycles. The molecular weight excluding hydrogens is 293 g/mol. The zero-order valence-electron chi connectivity index (χ0n) is 10.2. The van der Waals surface area contributed by atoms with Crippen molar-refractivity contribution in [2.24, 2.45) is 0 Å². The molecule has 2 aromatic rings. The standard InChI is InChI=1S/C14H6F5NO/c15-11-5-10(6-12(16)13(11)17)21-14(18,19)9-3-1-8(7-20)2-4-9/h1-6H. The molecular formula is C14H6F5NO. The smallest absolute Gasteiger partial charge is 0.426 e. The summed E-state index contributed by atoms with van der Waals surface area (Å²) in [6.07, 6.45) is -3.90. The number of nitriles is 1. The summed E-state index contributed by atoms with van der Waals surface area (Å²) in [5.41, 5.74) is -0.458. The van der Waals surface area contributed by atoms with Crippen LogP contribution in [0.25, 0.3) is 0 Å². The Morgan fingerprint density at radius 1 is 0.952 bits per heavy atom. The number of alkyl halides is 2. The lowest BCUT2D eigenvalue weighted by Gasteiger charge is -2.18. The zero-order chi connectivity index (χ0) is 15.6. The van der Waals surface area contributed by atoms with Crippen molar-refractivity contribution in [2.45, 2.75) is 6.11 Å². The molecule has 0 aromatic heterocycles. The van der Waals surface area contributed by atoms with Gasteiger partial charge in [-0.15, -0.1) is 0 Å². The van der Waals surface area contributed by atoms with Gasteiger partial charge in [-0.1, -0.05) is 0 Å². The van der Waals surface area contributed by atoms with Gasteiger partial charge >= 0.3 is 6.11 Å². The second kappa shape index (κ2) is 5.40. The summed E-state index contributed by atoms with van der Waals surface area (Å²) in [6.45, 7) is 0. The molecule has 108 valence electrons. The normalized spacial score (nSPS) is 11.0. The Kier molecular flexibility index (Phi) is 3.80. The largest absolute Gasteiger partial charge is 0.429 e. The van der Waals surface area contributed by atoms with Gasteiger partial charge in [0.1, 0.15) is 5.75 Å². The average Bonchev–Trinajstić information content (AvgIpc) is 2.44. The lowest BCUT2D eigenvalue weighted by atomic mass is 10.1. The molecule has 0 heterocycles. The summed E-state index contributed by atoms with van der Waals surface area (Å²) in [6, 6.07) is 6.53. The van der Waals surface area contributed by atoms with E-state index in [1.807, 2.05) is 0 Å². The molecule has 0 bridgehead atoms. The van der Waals surface area contributed by atoms with Gasteiger partial charge in [0.15, 0.2) is 17.5 Å². The number of rotatable bonds is 3. The minimum absolute atomic E-state index is 0.161. The topological polar surface area (TPSA) is 33.0 Å². The molecule has 0 atom stereocenters. The van der Waals surface area contributed by atoms with Crippen LogP contribution in [0.4, 0.5) is 22.0 Å². The fourth-order valence-electron chi connectivity index (χ4n) is 1.54. The van der Waals surface area contributed by atoms with Crippen molar-refractivity contribution < 1.29 is 26.7 Å². The molecule has 2 nitrogen and oxygen atoms in total. The number of hydrogen-bond donors (Lipinski definition) is 0. The van der Waals surface area contributed by atoms with Crippen LogP contribution in [0.5, 0.6) is 5.75 Å². The van der Waals surface area contributed by atoms with E-state index in [0.717, 1.165) is 24.3 Å². The van der Waals surface area contributed by atoms with E-state index in [0.29, 0.717) is 12.1 Å². The Morgan fingerprint density at radius 3 is 1.95 bits per heavy atom. The SMILES string of the molecule is N#Cc1ccc(C(F)(F)Oc2cc(F)c(F)c(F)c2)cc1. The van der Waals surface area contributed by atoms with Gasteiger partial charge in [-0.3, -0.25) is 0 Å². The summed E-state index contributed by atoms with van der Waals surface area (Å²) in [5.74, 6) is -5.91. The van der Waals surface area contributed by atoms with Crippen molar-refractivity contribution >= 4 is 0 Å². The predicted molar refractivity (Wildman–Crippen MR) is 62.0 cm³/mol. The van der Waals surface area contributed by atoms with E-state index in [1.54, 1.807) is 6.07 Å². The van der Waals surface area contributed by atoms with Gasteiger partial charge in [-0.25, -0.2) is 13.2 Å². The molecule has 0 N–H and O–H groups in total. The van der Waals surface area contributed by atoms with Crippen molar-refractivity contribution in [1.82, 2.24) is 0 Å². The Hall–Kier alpha value is -2.62. The fourth-order valence-corrected chi connectivity index (χ4v) is 1.54. The van der Waals surface area contributed by atoms with Crippen molar-refractivity contribution in [2.75, 3.05) is 0 Å². The van der Waals surface area contributed by atoms with Crippen LogP contribution in [0, 0.1) is 28.8 Å². The number of benzene rings is 2. The molecule has 7 heteroatoms. The summed E-state index contributed by atoms with van der Waals surface area (Å²) >= 11 is 0. The maximum absolute atomic E-state index is 13.8. The molecule has 0 fully saturated rings. The van der Waals surface area contributed by atoms with Crippen LogP contribution >= 0.6 is 0 Å². The van der Waals surface area contributed by atoms with Gasteiger partial charge < -0.3 is 4.74 Å². The number of nitrogens with zero attached hydrogens (tertiary/aromatic N) is 1. The lowest BCUT2D eigenvalue weighted by Crippen LogP contribution is -2.22. The number of halogens is 5.